The van der Waals surface area contributed by atoms with E-state index in [9.17, 15) is 4.39 Å². The Kier molecular flexibility index (Phi) is 3.84. The van der Waals surface area contributed by atoms with Crippen LogP contribution in [0.2, 0.25) is 5.15 Å². The molecule has 0 bridgehead atoms. The summed E-state index contributed by atoms with van der Waals surface area (Å²) in [7, 11) is 0. The molecular weight excluding hydrogens is 255 g/mol. The first-order valence-electron chi connectivity index (χ1n) is 5.20. The standard InChI is InChI=1S/C12H10ClFN4/c1-8-16-11(13)6-12(17-8)18-15-7-9-4-2-3-5-10(9)14/h2-7H,1H3,(H,16,17,18)/b15-7-. The molecule has 0 aliphatic rings. The number of halogens is 2. The minimum Gasteiger partial charge on any atom is -0.261 e. The minimum absolute atomic E-state index is 0.325. The van der Waals surface area contributed by atoms with Crippen LogP contribution in [0.3, 0.4) is 0 Å². The highest BCUT2D eigenvalue weighted by Crippen LogP contribution is 2.11. The van der Waals surface area contributed by atoms with Gasteiger partial charge in [-0.1, -0.05) is 29.8 Å². The maximum absolute atomic E-state index is 13.3. The first-order chi connectivity index (χ1) is 8.65. The zero-order valence-electron chi connectivity index (χ0n) is 9.56. The van der Waals surface area contributed by atoms with Crippen LogP contribution in [-0.4, -0.2) is 16.2 Å². The van der Waals surface area contributed by atoms with Crippen molar-refractivity contribution in [3.05, 3.63) is 52.7 Å². The highest BCUT2D eigenvalue weighted by atomic mass is 35.5. The molecule has 2 aromatic rings. The average Bonchev–Trinajstić information content (AvgIpc) is 2.30. The zero-order valence-corrected chi connectivity index (χ0v) is 10.3. The Bertz CT molecular complexity index is 566. The summed E-state index contributed by atoms with van der Waals surface area (Å²) in [6, 6.07) is 7.88. The highest BCUT2D eigenvalue weighted by molar-refractivity contribution is 6.29. The van der Waals surface area contributed by atoms with Crippen molar-refractivity contribution in [3.63, 3.8) is 0 Å². The lowest BCUT2D eigenvalue weighted by Crippen LogP contribution is -1.97. The second-order valence-electron chi connectivity index (χ2n) is 3.51. The van der Waals surface area contributed by atoms with Crippen molar-refractivity contribution in [2.75, 3.05) is 5.43 Å². The molecule has 0 spiro atoms. The molecule has 1 aromatic heterocycles. The van der Waals surface area contributed by atoms with Crippen LogP contribution in [0, 0.1) is 12.7 Å². The van der Waals surface area contributed by atoms with Gasteiger partial charge in [-0.15, -0.1) is 0 Å². The third-order valence-corrected chi connectivity index (χ3v) is 2.29. The first-order valence-corrected chi connectivity index (χ1v) is 5.58. The molecule has 0 atom stereocenters. The van der Waals surface area contributed by atoms with E-state index in [4.69, 9.17) is 11.6 Å². The molecule has 1 aromatic carbocycles. The molecule has 0 aliphatic heterocycles. The lowest BCUT2D eigenvalue weighted by molar-refractivity contribution is 0.626. The van der Waals surface area contributed by atoms with Crippen molar-refractivity contribution in [2.45, 2.75) is 6.92 Å². The predicted octanol–water partition coefficient (Wildman–Crippen LogP) is 3.02. The molecule has 0 fully saturated rings. The third kappa shape index (κ3) is 3.24. The number of hydrogen-bond donors (Lipinski definition) is 1. The van der Waals surface area contributed by atoms with E-state index in [2.05, 4.69) is 20.5 Å². The number of benzene rings is 1. The number of rotatable bonds is 3. The van der Waals surface area contributed by atoms with E-state index < -0.39 is 0 Å². The number of aryl methyl sites for hydroxylation is 1. The number of nitrogens with one attached hydrogen (secondary N) is 1. The predicted molar refractivity (Wildman–Crippen MR) is 69.4 cm³/mol. The molecule has 92 valence electrons. The fraction of sp³-hybridized carbons (Fsp3) is 0.0833. The van der Waals surface area contributed by atoms with Crippen molar-refractivity contribution < 1.29 is 4.39 Å². The van der Waals surface area contributed by atoms with Gasteiger partial charge in [0, 0.05) is 11.6 Å². The minimum atomic E-state index is -0.333. The SMILES string of the molecule is Cc1nc(Cl)cc(N/N=C\c2ccccc2F)n1. The fourth-order valence-corrected chi connectivity index (χ4v) is 1.56. The number of hydrogen-bond acceptors (Lipinski definition) is 4. The lowest BCUT2D eigenvalue weighted by atomic mass is 10.2. The van der Waals surface area contributed by atoms with Gasteiger partial charge in [-0.3, -0.25) is 5.43 Å². The Hall–Kier alpha value is -2.01. The summed E-state index contributed by atoms with van der Waals surface area (Å²) in [5.41, 5.74) is 3.06. The second-order valence-corrected chi connectivity index (χ2v) is 3.90. The summed E-state index contributed by atoms with van der Waals surface area (Å²) in [6.45, 7) is 1.72. The Morgan fingerprint density at radius 3 is 2.83 bits per heavy atom. The molecule has 2 rings (SSSR count). The first kappa shape index (κ1) is 12.4. The van der Waals surface area contributed by atoms with Crippen LogP contribution >= 0.6 is 11.6 Å². The van der Waals surface area contributed by atoms with Crippen LogP contribution in [0.15, 0.2) is 35.4 Å². The van der Waals surface area contributed by atoms with Gasteiger partial charge in [-0.25, -0.2) is 14.4 Å². The number of nitrogens with zero attached hydrogens (tertiary/aromatic N) is 3. The van der Waals surface area contributed by atoms with Crippen LogP contribution in [-0.2, 0) is 0 Å². The average molecular weight is 265 g/mol. The molecule has 4 nitrogen and oxygen atoms in total. The summed E-state index contributed by atoms with van der Waals surface area (Å²) in [5.74, 6) is 0.658. The van der Waals surface area contributed by atoms with Crippen molar-refractivity contribution in [1.82, 2.24) is 9.97 Å². The van der Waals surface area contributed by atoms with Crippen molar-refractivity contribution in [2.24, 2.45) is 5.10 Å². The van der Waals surface area contributed by atoms with Gasteiger partial charge in [0.2, 0.25) is 0 Å². The summed E-state index contributed by atoms with van der Waals surface area (Å²) in [6.07, 6.45) is 1.38. The van der Waals surface area contributed by atoms with Crippen molar-refractivity contribution in [1.29, 1.82) is 0 Å². The Morgan fingerprint density at radius 1 is 1.33 bits per heavy atom. The van der Waals surface area contributed by atoms with Gasteiger partial charge >= 0.3 is 0 Å². The molecule has 0 radical (unpaired) electrons. The van der Waals surface area contributed by atoms with Crippen molar-refractivity contribution in [3.8, 4) is 0 Å². The normalized spacial score (nSPS) is 10.8. The lowest BCUT2D eigenvalue weighted by Gasteiger charge is -2.01. The topological polar surface area (TPSA) is 50.2 Å². The summed E-state index contributed by atoms with van der Waals surface area (Å²) >= 11 is 5.77. The van der Waals surface area contributed by atoms with Crippen LogP contribution < -0.4 is 5.43 Å². The fourth-order valence-electron chi connectivity index (χ4n) is 1.34. The van der Waals surface area contributed by atoms with Gasteiger partial charge in [0.15, 0.2) is 5.82 Å². The van der Waals surface area contributed by atoms with Crippen LogP contribution in [0.5, 0.6) is 0 Å². The molecule has 1 heterocycles. The Morgan fingerprint density at radius 2 is 2.11 bits per heavy atom. The van der Waals surface area contributed by atoms with E-state index in [0.29, 0.717) is 22.4 Å². The van der Waals surface area contributed by atoms with E-state index in [-0.39, 0.29) is 5.82 Å². The van der Waals surface area contributed by atoms with Gasteiger partial charge in [-0.2, -0.15) is 5.10 Å². The molecule has 18 heavy (non-hydrogen) atoms. The summed E-state index contributed by atoms with van der Waals surface area (Å²) in [5, 5.41) is 4.22. The molecule has 6 heteroatoms. The van der Waals surface area contributed by atoms with Crippen LogP contribution in [0.25, 0.3) is 0 Å². The van der Waals surface area contributed by atoms with Crippen LogP contribution in [0.4, 0.5) is 10.2 Å². The summed E-state index contributed by atoms with van der Waals surface area (Å²) < 4.78 is 13.3. The molecule has 1 N–H and O–H groups in total. The van der Waals surface area contributed by atoms with Gasteiger partial charge in [0.1, 0.15) is 16.8 Å². The number of aromatic nitrogens is 2. The molecule has 0 amide bonds. The quantitative estimate of drug-likeness (QED) is 0.527. The Labute approximate surface area is 109 Å². The molecule has 0 unspecified atom stereocenters. The van der Waals surface area contributed by atoms with Gasteiger partial charge in [-0.05, 0) is 13.0 Å². The molecule has 0 aliphatic carbocycles. The van der Waals surface area contributed by atoms with E-state index in [1.807, 2.05) is 0 Å². The maximum atomic E-state index is 13.3. The van der Waals surface area contributed by atoms with Crippen LogP contribution in [0.1, 0.15) is 11.4 Å². The van der Waals surface area contributed by atoms with Gasteiger partial charge in [0.05, 0.1) is 6.21 Å². The Balaban J connectivity index is 2.10. The smallest absolute Gasteiger partial charge is 0.151 e. The highest BCUT2D eigenvalue weighted by Gasteiger charge is 1.99. The van der Waals surface area contributed by atoms with E-state index in [1.54, 1.807) is 25.1 Å². The molecule has 0 saturated carbocycles. The third-order valence-electron chi connectivity index (χ3n) is 2.09. The van der Waals surface area contributed by atoms with E-state index in [0.717, 1.165) is 0 Å². The van der Waals surface area contributed by atoms with E-state index >= 15 is 0 Å². The summed E-state index contributed by atoms with van der Waals surface area (Å²) in [4.78, 5) is 7.99. The maximum Gasteiger partial charge on any atom is 0.151 e. The molecule has 0 saturated heterocycles. The van der Waals surface area contributed by atoms with E-state index in [1.165, 1.54) is 18.3 Å². The second kappa shape index (κ2) is 5.55. The molecular formula is C12H10ClFN4. The number of hydrazone groups is 1. The van der Waals surface area contributed by atoms with Gasteiger partial charge < -0.3 is 0 Å². The number of anilines is 1. The zero-order chi connectivity index (χ0) is 13.0. The van der Waals surface area contributed by atoms with Gasteiger partial charge in [0.25, 0.3) is 0 Å². The largest absolute Gasteiger partial charge is 0.261 e. The van der Waals surface area contributed by atoms with Crippen molar-refractivity contribution >= 4 is 23.6 Å². The monoisotopic (exact) mass is 264 g/mol.